The maximum Gasteiger partial charge on any atom is 0.325 e. The molecule has 0 saturated carbocycles. The summed E-state index contributed by atoms with van der Waals surface area (Å²) in [5.41, 5.74) is -1.65. The van der Waals surface area contributed by atoms with E-state index in [2.05, 4.69) is 10.6 Å². The predicted molar refractivity (Wildman–Crippen MR) is 104 cm³/mol. The zero-order chi connectivity index (χ0) is 21.9. The standard InChI is InChI=1S/C19H18F2N4O4S/c1-19(11-4-5-13(20)14(21)9-11)16(27)25(18(29)24-19)10-15(26)23-17(28)22-7-6-12-3-2-8-30-12/h2-5,8-9H,6-7,10H2,1H3,(H,24,29)(H2,22,23,26,28). The molecule has 2 aromatic rings. The molecule has 1 aliphatic rings. The highest BCUT2D eigenvalue weighted by Gasteiger charge is 2.49. The van der Waals surface area contributed by atoms with E-state index in [0.717, 1.165) is 17.0 Å². The number of carbonyl (C=O) groups is 4. The summed E-state index contributed by atoms with van der Waals surface area (Å²) in [6, 6.07) is 4.96. The molecule has 0 bridgehead atoms. The van der Waals surface area contributed by atoms with E-state index in [4.69, 9.17) is 0 Å². The Hall–Kier alpha value is -3.34. The van der Waals surface area contributed by atoms with Crippen LogP contribution in [0.3, 0.4) is 0 Å². The Morgan fingerprint density at radius 3 is 2.63 bits per heavy atom. The van der Waals surface area contributed by atoms with Crippen LogP contribution < -0.4 is 16.0 Å². The zero-order valence-electron chi connectivity index (χ0n) is 15.8. The lowest BCUT2D eigenvalue weighted by Gasteiger charge is -2.22. The van der Waals surface area contributed by atoms with Gasteiger partial charge in [-0.15, -0.1) is 11.3 Å². The summed E-state index contributed by atoms with van der Waals surface area (Å²) in [5.74, 6) is -3.97. The van der Waals surface area contributed by atoms with Gasteiger partial charge in [-0.25, -0.2) is 18.4 Å². The molecule has 1 atom stereocenters. The predicted octanol–water partition coefficient (Wildman–Crippen LogP) is 1.86. The topological polar surface area (TPSA) is 108 Å². The van der Waals surface area contributed by atoms with Crippen molar-refractivity contribution in [1.82, 2.24) is 20.9 Å². The van der Waals surface area contributed by atoms with E-state index in [0.29, 0.717) is 17.9 Å². The molecular weight excluding hydrogens is 418 g/mol. The number of imide groups is 2. The molecule has 3 N–H and O–H groups in total. The Bertz CT molecular complexity index is 998. The Labute approximate surface area is 174 Å². The second kappa shape index (κ2) is 8.57. The van der Waals surface area contributed by atoms with E-state index < -0.39 is 47.6 Å². The smallest absolute Gasteiger partial charge is 0.325 e. The van der Waals surface area contributed by atoms with Gasteiger partial charge in [-0.3, -0.25) is 19.8 Å². The summed E-state index contributed by atoms with van der Waals surface area (Å²) in [6.07, 6.45) is 0.596. The second-order valence-electron chi connectivity index (χ2n) is 6.71. The van der Waals surface area contributed by atoms with E-state index in [1.165, 1.54) is 24.3 Å². The van der Waals surface area contributed by atoms with E-state index in [1.54, 1.807) is 0 Å². The van der Waals surface area contributed by atoms with Crippen molar-refractivity contribution < 1.29 is 28.0 Å². The maximum absolute atomic E-state index is 13.5. The third kappa shape index (κ3) is 4.46. The Morgan fingerprint density at radius 2 is 1.97 bits per heavy atom. The van der Waals surface area contributed by atoms with Crippen LogP contribution in [-0.4, -0.2) is 41.9 Å². The van der Waals surface area contributed by atoms with Crippen molar-refractivity contribution in [3.8, 4) is 0 Å². The molecule has 1 unspecified atom stereocenters. The molecule has 158 valence electrons. The largest absolute Gasteiger partial charge is 0.337 e. The summed E-state index contributed by atoms with van der Waals surface area (Å²) < 4.78 is 26.7. The third-order valence-corrected chi connectivity index (χ3v) is 5.50. The van der Waals surface area contributed by atoms with Crippen LogP contribution in [-0.2, 0) is 21.5 Å². The lowest BCUT2D eigenvalue weighted by molar-refractivity contribution is -0.134. The van der Waals surface area contributed by atoms with Gasteiger partial charge in [-0.2, -0.15) is 0 Å². The normalized spacial score (nSPS) is 18.3. The SMILES string of the molecule is CC1(c2ccc(F)c(F)c2)NC(=O)N(CC(=O)NC(=O)NCCc2cccs2)C1=O. The number of halogens is 2. The van der Waals surface area contributed by atoms with Gasteiger partial charge in [0.2, 0.25) is 5.91 Å². The molecule has 1 aromatic carbocycles. The summed E-state index contributed by atoms with van der Waals surface area (Å²) in [5, 5.41) is 8.83. The molecule has 0 radical (unpaired) electrons. The van der Waals surface area contributed by atoms with E-state index in [9.17, 15) is 28.0 Å². The maximum atomic E-state index is 13.5. The van der Waals surface area contributed by atoms with E-state index >= 15 is 0 Å². The molecule has 1 aromatic heterocycles. The van der Waals surface area contributed by atoms with Crippen LogP contribution in [0.5, 0.6) is 0 Å². The van der Waals surface area contributed by atoms with Crippen LogP contribution in [0.15, 0.2) is 35.7 Å². The van der Waals surface area contributed by atoms with E-state index in [-0.39, 0.29) is 5.56 Å². The lowest BCUT2D eigenvalue weighted by Crippen LogP contribution is -2.47. The molecule has 0 aliphatic carbocycles. The molecule has 3 rings (SSSR count). The zero-order valence-corrected chi connectivity index (χ0v) is 16.6. The molecule has 8 nitrogen and oxygen atoms in total. The molecule has 30 heavy (non-hydrogen) atoms. The number of nitrogens with zero attached hydrogens (tertiary/aromatic N) is 1. The van der Waals surface area contributed by atoms with Crippen molar-refractivity contribution in [2.24, 2.45) is 0 Å². The van der Waals surface area contributed by atoms with Crippen LogP contribution in [0.2, 0.25) is 0 Å². The number of urea groups is 2. The van der Waals surface area contributed by atoms with E-state index in [1.807, 2.05) is 22.8 Å². The van der Waals surface area contributed by atoms with Gasteiger partial charge in [0, 0.05) is 11.4 Å². The highest BCUT2D eigenvalue weighted by Crippen LogP contribution is 2.29. The average Bonchev–Trinajstić information content (AvgIpc) is 3.27. The fourth-order valence-corrected chi connectivity index (χ4v) is 3.66. The first kappa shape index (κ1) is 21.4. The first-order valence-corrected chi connectivity index (χ1v) is 9.78. The van der Waals surface area contributed by atoms with Crippen LogP contribution in [0.4, 0.5) is 18.4 Å². The molecule has 11 heteroatoms. The third-order valence-electron chi connectivity index (χ3n) is 4.56. The van der Waals surface area contributed by atoms with Gasteiger partial charge in [0.05, 0.1) is 0 Å². The van der Waals surface area contributed by atoms with Crippen LogP contribution in [0.1, 0.15) is 17.4 Å². The quantitative estimate of drug-likeness (QED) is 0.601. The Morgan fingerprint density at radius 1 is 1.20 bits per heavy atom. The minimum absolute atomic E-state index is 0.0222. The van der Waals surface area contributed by atoms with Crippen molar-refractivity contribution in [1.29, 1.82) is 0 Å². The van der Waals surface area contributed by atoms with Crippen molar-refractivity contribution in [3.05, 3.63) is 57.8 Å². The lowest BCUT2D eigenvalue weighted by atomic mass is 9.92. The average molecular weight is 436 g/mol. The number of rotatable bonds is 6. The highest BCUT2D eigenvalue weighted by molar-refractivity contribution is 7.09. The molecule has 0 spiro atoms. The van der Waals surface area contributed by atoms with Gasteiger partial charge in [0.25, 0.3) is 5.91 Å². The molecule has 6 amide bonds. The minimum Gasteiger partial charge on any atom is -0.337 e. The fourth-order valence-electron chi connectivity index (χ4n) is 2.95. The molecule has 1 fully saturated rings. The summed E-state index contributed by atoms with van der Waals surface area (Å²) in [6.45, 7) is 0.911. The summed E-state index contributed by atoms with van der Waals surface area (Å²) in [7, 11) is 0. The van der Waals surface area contributed by atoms with Gasteiger partial charge in [-0.1, -0.05) is 12.1 Å². The highest BCUT2D eigenvalue weighted by atomic mass is 32.1. The van der Waals surface area contributed by atoms with Crippen LogP contribution in [0, 0.1) is 11.6 Å². The number of hydrogen-bond acceptors (Lipinski definition) is 5. The van der Waals surface area contributed by atoms with Crippen LogP contribution in [0.25, 0.3) is 0 Å². The first-order valence-electron chi connectivity index (χ1n) is 8.90. The van der Waals surface area contributed by atoms with Gasteiger partial charge in [0.15, 0.2) is 11.6 Å². The van der Waals surface area contributed by atoms with Gasteiger partial charge in [0.1, 0.15) is 12.1 Å². The summed E-state index contributed by atoms with van der Waals surface area (Å²) in [4.78, 5) is 50.5. The number of carbonyl (C=O) groups excluding carboxylic acids is 4. The van der Waals surface area contributed by atoms with Gasteiger partial charge < -0.3 is 10.6 Å². The number of hydrogen-bond donors (Lipinski definition) is 3. The molecular formula is C19H18F2N4O4S. The minimum atomic E-state index is -1.67. The van der Waals surface area contributed by atoms with Gasteiger partial charge >= 0.3 is 12.1 Å². The number of benzene rings is 1. The van der Waals surface area contributed by atoms with Crippen LogP contribution >= 0.6 is 11.3 Å². The molecule has 2 heterocycles. The monoisotopic (exact) mass is 436 g/mol. The van der Waals surface area contributed by atoms with Crippen molar-refractivity contribution in [2.75, 3.05) is 13.1 Å². The van der Waals surface area contributed by atoms with Crippen molar-refractivity contribution in [2.45, 2.75) is 18.9 Å². The Balaban J connectivity index is 1.57. The number of nitrogens with one attached hydrogen (secondary N) is 3. The van der Waals surface area contributed by atoms with Crippen molar-refractivity contribution in [3.63, 3.8) is 0 Å². The number of amides is 6. The number of thiophene rings is 1. The molecule has 1 saturated heterocycles. The Kier molecular flexibility index (Phi) is 6.11. The second-order valence-corrected chi connectivity index (χ2v) is 7.74. The molecule has 1 aliphatic heterocycles. The first-order chi connectivity index (χ1) is 14.2. The summed E-state index contributed by atoms with van der Waals surface area (Å²) >= 11 is 1.54. The van der Waals surface area contributed by atoms with Crippen molar-refractivity contribution >= 4 is 35.2 Å². The fraction of sp³-hybridized carbons (Fsp3) is 0.263. The van der Waals surface area contributed by atoms with Gasteiger partial charge in [-0.05, 0) is 42.5 Å².